The van der Waals surface area contributed by atoms with E-state index in [0.29, 0.717) is 10.4 Å². The van der Waals surface area contributed by atoms with E-state index in [-0.39, 0.29) is 18.2 Å². The fourth-order valence-electron chi connectivity index (χ4n) is 3.74. The van der Waals surface area contributed by atoms with E-state index in [4.69, 9.17) is 4.74 Å². The van der Waals surface area contributed by atoms with Gasteiger partial charge in [-0.25, -0.2) is 9.18 Å². The van der Waals surface area contributed by atoms with Crippen molar-refractivity contribution >= 4 is 23.1 Å². The van der Waals surface area contributed by atoms with E-state index in [1.807, 2.05) is 24.5 Å². The zero-order valence-corrected chi connectivity index (χ0v) is 16.6. The lowest BCUT2D eigenvalue weighted by atomic mass is 10.1. The minimum atomic E-state index is -0.444. The summed E-state index contributed by atoms with van der Waals surface area (Å²) >= 11 is 1.47. The number of benzene rings is 1. The second-order valence-electron chi connectivity index (χ2n) is 7.01. The van der Waals surface area contributed by atoms with Crippen LogP contribution in [0.5, 0.6) is 0 Å². The molecule has 1 aromatic carbocycles. The summed E-state index contributed by atoms with van der Waals surface area (Å²) in [7, 11) is 0. The van der Waals surface area contributed by atoms with Crippen molar-refractivity contribution in [2.75, 3.05) is 6.61 Å². The van der Waals surface area contributed by atoms with Crippen LogP contribution < -0.4 is 0 Å². The molecule has 0 spiro atoms. The van der Waals surface area contributed by atoms with Crippen LogP contribution in [-0.2, 0) is 17.6 Å². The minimum Gasteiger partial charge on any atom is -0.453 e. The molecule has 0 saturated heterocycles. The average Bonchev–Trinajstić information content (AvgIpc) is 3.34. The standard InChI is InChI=1S/C22H20FNO3S/c1-13-10-18(14(2)24(13)17-8-6-16(23)7-9-17)19(25)12-27-22(26)21-11-15-4-3-5-20(15)28-21/h6-11H,3-5,12H2,1-2H3. The van der Waals surface area contributed by atoms with Crippen molar-refractivity contribution in [3.8, 4) is 5.69 Å². The number of rotatable bonds is 5. The van der Waals surface area contributed by atoms with Gasteiger partial charge in [-0.3, -0.25) is 4.79 Å². The van der Waals surface area contributed by atoms with Crippen LogP contribution in [0.1, 0.15) is 48.3 Å². The number of thiophene rings is 1. The number of hydrogen-bond acceptors (Lipinski definition) is 4. The Labute approximate surface area is 166 Å². The summed E-state index contributed by atoms with van der Waals surface area (Å²) in [5, 5.41) is 0. The SMILES string of the molecule is Cc1cc(C(=O)COC(=O)c2cc3c(s2)CCC3)c(C)n1-c1ccc(F)cc1. The van der Waals surface area contributed by atoms with Crippen LogP contribution in [0.15, 0.2) is 36.4 Å². The van der Waals surface area contributed by atoms with E-state index in [1.54, 1.807) is 18.2 Å². The van der Waals surface area contributed by atoms with Gasteiger partial charge in [-0.1, -0.05) is 0 Å². The number of carbonyl (C=O) groups is 2. The molecule has 0 N–H and O–H groups in total. The lowest BCUT2D eigenvalue weighted by Crippen LogP contribution is -2.14. The smallest absolute Gasteiger partial charge is 0.348 e. The second-order valence-corrected chi connectivity index (χ2v) is 8.15. The molecule has 0 unspecified atom stereocenters. The van der Waals surface area contributed by atoms with Crippen LogP contribution in [0, 0.1) is 19.7 Å². The number of nitrogens with zero attached hydrogens (tertiary/aromatic N) is 1. The van der Waals surface area contributed by atoms with E-state index < -0.39 is 5.97 Å². The van der Waals surface area contributed by atoms with Crippen molar-refractivity contribution in [3.63, 3.8) is 0 Å². The van der Waals surface area contributed by atoms with Crippen molar-refractivity contribution in [3.05, 3.63) is 74.5 Å². The summed E-state index contributed by atoms with van der Waals surface area (Å²) in [5.74, 6) is -1.01. The Kier molecular flexibility index (Phi) is 4.89. The lowest BCUT2D eigenvalue weighted by Gasteiger charge is -2.10. The molecule has 1 aliphatic carbocycles. The molecule has 0 amide bonds. The van der Waals surface area contributed by atoms with Gasteiger partial charge in [0.25, 0.3) is 0 Å². The molecule has 3 aromatic rings. The molecular weight excluding hydrogens is 377 g/mol. The molecule has 1 aliphatic rings. The van der Waals surface area contributed by atoms with Crippen LogP contribution in [0.3, 0.4) is 0 Å². The Bertz CT molecular complexity index is 1040. The van der Waals surface area contributed by atoms with Crippen molar-refractivity contribution in [1.29, 1.82) is 0 Å². The number of hydrogen-bond donors (Lipinski definition) is 0. The lowest BCUT2D eigenvalue weighted by molar-refractivity contribution is 0.0479. The second kappa shape index (κ2) is 7.36. The summed E-state index contributed by atoms with van der Waals surface area (Å²) in [6.07, 6.45) is 3.16. The highest BCUT2D eigenvalue weighted by atomic mass is 32.1. The first-order chi connectivity index (χ1) is 13.4. The third-order valence-corrected chi connectivity index (χ3v) is 6.32. The highest BCUT2D eigenvalue weighted by molar-refractivity contribution is 7.14. The first kappa shape index (κ1) is 18.6. The molecule has 0 aliphatic heterocycles. The van der Waals surface area contributed by atoms with Crippen molar-refractivity contribution in [1.82, 2.24) is 4.57 Å². The fraction of sp³-hybridized carbons (Fsp3) is 0.273. The highest BCUT2D eigenvalue weighted by Gasteiger charge is 2.22. The van der Waals surface area contributed by atoms with E-state index in [2.05, 4.69) is 0 Å². The number of aromatic nitrogens is 1. The monoisotopic (exact) mass is 397 g/mol. The molecule has 2 aromatic heterocycles. The van der Waals surface area contributed by atoms with E-state index in [9.17, 15) is 14.0 Å². The maximum Gasteiger partial charge on any atom is 0.348 e. The van der Waals surface area contributed by atoms with E-state index in [1.165, 1.54) is 33.9 Å². The quantitative estimate of drug-likeness (QED) is 0.458. The van der Waals surface area contributed by atoms with Crippen LogP contribution in [-0.4, -0.2) is 22.9 Å². The Hall–Kier alpha value is -2.73. The number of ether oxygens (including phenoxy) is 1. The first-order valence-electron chi connectivity index (χ1n) is 9.21. The fourth-order valence-corrected chi connectivity index (χ4v) is 4.89. The number of halogens is 1. The first-order valence-corrected chi connectivity index (χ1v) is 10.0. The average molecular weight is 397 g/mol. The van der Waals surface area contributed by atoms with E-state index >= 15 is 0 Å². The molecule has 0 atom stereocenters. The topological polar surface area (TPSA) is 48.3 Å². The normalized spacial score (nSPS) is 12.8. The highest BCUT2D eigenvalue weighted by Crippen LogP contribution is 2.31. The zero-order valence-electron chi connectivity index (χ0n) is 15.8. The maximum absolute atomic E-state index is 13.2. The van der Waals surface area contributed by atoms with Gasteiger partial charge in [0.05, 0.1) is 0 Å². The predicted octanol–water partition coefficient (Wildman–Crippen LogP) is 4.82. The molecule has 4 rings (SSSR count). The van der Waals surface area contributed by atoms with Gasteiger partial charge in [0.15, 0.2) is 6.61 Å². The van der Waals surface area contributed by atoms with Crippen molar-refractivity contribution in [2.24, 2.45) is 0 Å². The molecule has 2 heterocycles. The Morgan fingerprint density at radius 1 is 1.14 bits per heavy atom. The van der Waals surface area contributed by atoms with Gasteiger partial charge in [-0.15, -0.1) is 11.3 Å². The van der Waals surface area contributed by atoms with Gasteiger partial charge < -0.3 is 9.30 Å². The van der Waals surface area contributed by atoms with Gasteiger partial charge in [-0.05, 0) is 75.1 Å². The number of Topliss-reactive ketones (excluding diaryl/α,β-unsaturated/α-hetero) is 1. The van der Waals surface area contributed by atoms with Gasteiger partial charge in [0, 0.05) is 27.5 Å². The predicted molar refractivity (Wildman–Crippen MR) is 106 cm³/mol. The number of fused-ring (bicyclic) bond motifs is 1. The molecular formula is C22H20FNO3S. The third-order valence-electron chi connectivity index (χ3n) is 5.10. The van der Waals surface area contributed by atoms with Gasteiger partial charge in [-0.2, -0.15) is 0 Å². The largest absolute Gasteiger partial charge is 0.453 e. The zero-order chi connectivity index (χ0) is 19.8. The van der Waals surface area contributed by atoms with Crippen LogP contribution in [0.25, 0.3) is 5.69 Å². The Morgan fingerprint density at radius 3 is 2.61 bits per heavy atom. The molecule has 144 valence electrons. The summed E-state index contributed by atoms with van der Waals surface area (Å²) in [4.78, 5) is 26.8. The summed E-state index contributed by atoms with van der Waals surface area (Å²) in [5.41, 5.74) is 4.10. The summed E-state index contributed by atoms with van der Waals surface area (Å²) in [6.45, 7) is 3.41. The van der Waals surface area contributed by atoms with Crippen LogP contribution in [0.4, 0.5) is 4.39 Å². The maximum atomic E-state index is 13.2. The van der Waals surface area contributed by atoms with Gasteiger partial charge >= 0.3 is 5.97 Å². The minimum absolute atomic E-state index is 0.251. The van der Waals surface area contributed by atoms with Crippen molar-refractivity contribution in [2.45, 2.75) is 33.1 Å². The molecule has 6 heteroatoms. The molecule has 0 fully saturated rings. The molecule has 0 saturated carbocycles. The Morgan fingerprint density at radius 2 is 1.89 bits per heavy atom. The van der Waals surface area contributed by atoms with E-state index in [0.717, 1.165) is 36.3 Å². The van der Waals surface area contributed by atoms with Crippen LogP contribution in [0.2, 0.25) is 0 Å². The molecule has 0 bridgehead atoms. The molecule has 4 nitrogen and oxygen atoms in total. The number of ketones is 1. The summed E-state index contributed by atoms with van der Waals surface area (Å²) in [6, 6.07) is 9.76. The number of aryl methyl sites for hydroxylation is 3. The van der Waals surface area contributed by atoms with Gasteiger partial charge in [0.1, 0.15) is 10.7 Å². The molecule has 0 radical (unpaired) electrons. The van der Waals surface area contributed by atoms with Crippen molar-refractivity contribution < 1.29 is 18.7 Å². The Balaban J connectivity index is 1.48. The number of esters is 1. The summed E-state index contributed by atoms with van der Waals surface area (Å²) < 4.78 is 20.4. The molecule has 28 heavy (non-hydrogen) atoms. The third kappa shape index (κ3) is 3.40. The number of carbonyl (C=O) groups excluding carboxylic acids is 2. The van der Waals surface area contributed by atoms with Crippen LogP contribution >= 0.6 is 11.3 Å². The van der Waals surface area contributed by atoms with Gasteiger partial charge in [0.2, 0.25) is 5.78 Å².